The number of carbonyl (C=O) groups excluding carboxylic acids is 1. The molecule has 6 nitrogen and oxygen atoms in total. The number of anilines is 1. The summed E-state index contributed by atoms with van der Waals surface area (Å²) in [7, 11) is 1.90. The van der Waals surface area contributed by atoms with Crippen molar-refractivity contribution in [3.63, 3.8) is 0 Å². The molecule has 20 heavy (non-hydrogen) atoms. The normalized spacial score (nSPS) is 10.4. The van der Waals surface area contributed by atoms with E-state index in [1.165, 1.54) is 0 Å². The van der Waals surface area contributed by atoms with Crippen LogP contribution in [0.4, 0.5) is 5.69 Å². The number of aryl methyl sites for hydroxylation is 2. The van der Waals surface area contributed by atoms with Crippen LogP contribution in [0.5, 0.6) is 0 Å². The second kappa shape index (κ2) is 5.75. The summed E-state index contributed by atoms with van der Waals surface area (Å²) < 4.78 is 1.82. The molecule has 2 aromatic rings. The average Bonchev–Trinajstić information content (AvgIpc) is 2.70. The third-order valence-electron chi connectivity index (χ3n) is 3.40. The van der Waals surface area contributed by atoms with Crippen molar-refractivity contribution < 1.29 is 4.79 Å². The van der Waals surface area contributed by atoms with E-state index in [-0.39, 0.29) is 5.91 Å². The third kappa shape index (κ3) is 2.80. The van der Waals surface area contributed by atoms with E-state index in [0.29, 0.717) is 12.1 Å². The Hall–Kier alpha value is -2.34. The van der Waals surface area contributed by atoms with Gasteiger partial charge >= 0.3 is 0 Å². The summed E-state index contributed by atoms with van der Waals surface area (Å²) in [5, 5.41) is 7.23. The van der Waals surface area contributed by atoms with Crippen LogP contribution in [0.15, 0.2) is 24.3 Å². The van der Waals surface area contributed by atoms with Crippen molar-refractivity contribution in [2.45, 2.75) is 20.4 Å². The largest absolute Gasteiger partial charge is 0.348 e. The molecule has 106 valence electrons. The average molecular weight is 273 g/mol. The van der Waals surface area contributed by atoms with Gasteiger partial charge in [-0.2, -0.15) is 5.10 Å². The monoisotopic (exact) mass is 273 g/mol. The van der Waals surface area contributed by atoms with Gasteiger partial charge in [-0.25, -0.2) is 0 Å². The lowest BCUT2D eigenvalue weighted by atomic mass is 10.1. The minimum absolute atomic E-state index is 0.115. The van der Waals surface area contributed by atoms with Crippen LogP contribution in [0, 0.1) is 13.8 Å². The minimum Gasteiger partial charge on any atom is -0.348 e. The number of aromatic nitrogens is 2. The molecule has 0 aliphatic carbocycles. The van der Waals surface area contributed by atoms with Gasteiger partial charge in [-0.05, 0) is 38.1 Å². The molecule has 6 heteroatoms. The minimum atomic E-state index is -0.115. The number of amides is 1. The van der Waals surface area contributed by atoms with Gasteiger partial charge in [0.15, 0.2) is 0 Å². The molecule has 0 bridgehead atoms. The molecule has 1 aromatic carbocycles. The summed E-state index contributed by atoms with van der Waals surface area (Å²) in [4.78, 5) is 12.1. The summed E-state index contributed by atoms with van der Waals surface area (Å²) in [5.41, 5.74) is 6.95. The highest BCUT2D eigenvalue weighted by atomic mass is 16.1. The molecule has 0 aliphatic heterocycles. The molecule has 0 atom stereocenters. The topological polar surface area (TPSA) is 85.0 Å². The van der Waals surface area contributed by atoms with Gasteiger partial charge in [-0.1, -0.05) is 0 Å². The fraction of sp³-hybridized carbons (Fsp3) is 0.286. The Kier molecular flexibility index (Phi) is 4.05. The summed E-state index contributed by atoms with van der Waals surface area (Å²) in [6.07, 6.45) is 0. The summed E-state index contributed by atoms with van der Waals surface area (Å²) in [6, 6.07) is 6.98. The van der Waals surface area contributed by atoms with Crippen LogP contribution in [0.2, 0.25) is 0 Å². The second-order valence-corrected chi connectivity index (χ2v) is 4.68. The number of hydrogen-bond donors (Lipinski definition) is 3. The van der Waals surface area contributed by atoms with Gasteiger partial charge < -0.3 is 10.7 Å². The van der Waals surface area contributed by atoms with Crippen LogP contribution in [-0.4, -0.2) is 15.7 Å². The number of nitrogens with one attached hydrogen (secondary N) is 2. The molecule has 0 radical (unpaired) electrons. The summed E-state index contributed by atoms with van der Waals surface area (Å²) in [5.74, 6) is 5.17. The maximum Gasteiger partial charge on any atom is 0.251 e. The molecule has 2 rings (SSSR count). The van der Waals surface area contributed by atoms with Crippen molar-refractivity contribution in [2.75, 3.05) is 5.43 Å². The molecule has 0 fully saturated rings. The van der Waals surface area contributed by atoms with Crippen LogP contribution in [0.3, 0.4) is 0 Å². The smallest absolute Gasteiger partial charge is 0.251 e. The van der Waals surface area contributed by atoms with Crippen LogP contribution < -0.4 is 16.6 Å². The number of carbonyl (C=O) groups is 1. The van der Waals surface area contributed by atoms with E-state index < -0.39 is 0 Å². The SMILES string of the molecule is Cc1nn(C)c(C)c1CNC(=O)c1ccc(NN)cc1. The Balaban J connectivity index is 2.04. The Bertz CT molecular complexity index is 615. The number of hydrazine groups is 1. The van der Waals surface area contributed by atoms with E-state index in [1.807, 2.05) is 25.6 Å². The van der Waals surface area contributed by atoms with E-state index in [0.717, 1.165) is 22.6 Å². The zero-order valence-electron chi connectivity index (χ0n) is 11.9. The van der Waals surface area contributed by atoms with Crippen LogP contribution in [-0.2, 0) is 13.6 Å². The molecule has 0 saturated heterocycles. The standard InChI is InChI=1S/C14H19N5O/c1-9-13(10(2)19(3)18-9)8-16-14(20)11-4-6-12(17-15)7-5-11/h4-7,17H,8,15H2,1-3H3,(H,16,20). The van der Waals surface area contributed by atoms with Gasteiger partial charge in [0.05, 0.1) is 5.69 Å². The fourth-order valence-electron chi connectivity index (χ4n) is 2.06. The van der Waals surface area contributed by atoms with Crippen LogP contribution in [0.25, 0.3) is 0 Å². The van der Waals surface area contributed by atoms with Crippen molar-refractivity contribution in [3.8, 4) is 0 Å². The third-order valence-corrected chi connectivity index (χ3v) is 3.40. The predicted octanol–water partition coefficient (Wildman–Crippen LogP) is 1.25. The maximum atomic E-state index is 12.1. The van der Waals surface area contributed by atoms with Gasteiger partial charge in [0.1, 0.15) is 0 Å². The van der Waals surface area contributed by atoms with Gasteiger partial charge in [0.25, 0.3) is 5.91 Å². The lowest BCUT2D eigenvalue weighted by Gasteiger charge is -2.07. The maximum absolute atomic E-state index is 12.1. The highest BCUT2D eigenvalue weighted by Gasteiger charge is 2.11. The van der Waals surface area contributed by atoms with E-state index in [9.17, 15) is 4.79 Å². The molecule has 0 unspecified atom stereocenters. The quantitative estimate of drug-likeness (QED) is 0.578. The van der Waals surface area contributed by atoms with Gasteiger partial charge in [-0.15, -0.1) is 0 Å². The molecule has 0 saturated carbocycles. The van der Waals surface area contributed by atoms with Crippen molar-refractivity contribution >= 4 is 11.6 Å². The molecular weight excluding hydrogens is 254 g/mol. The number of hydrogen-bond acceptors (Lipinski definition) is 4. The number of rotatable bonds is 4. The first kappa shape index (κ1) is 14.1. The number of nitrogens with zero attached hydrogens (tertiary/aromatic N) is 2. The summed E-state index contributed by atoms with van der Waals surface area (Å²) in [6.45, 7) is 4.40. The highest BCUT2D eigenvalue weighted by molar-refractivity contribution is 5.94. The van der Waals surface area contributed by atoms with Crippen molar-refractivity contribution in [1.82, 2.24) is 15.1 Å². The molecule has 1 aromatic heterocycles. The highest BCUT2D eigenvalue weighted by Crippen LogP contribution is 2.12. The van der Waals surface area contributed by atoms with E-state index in [2.05, 4.69) is 15.8 Å². The van der Waals surface area contributed by atoms with Gasteiger partial charge in [-0.3, -0.25) is 15.3 Å². The first-order valence-electron chi connectivity index (χ1n) is 6.37. The van der Waals surface area contributed by atoms with Crippen LogP contribution in [0.1, 0.15) is 27.3 Å². The zero-order chi connectivity index (χ0) is 14.7. The summed E-state index contributed by atoms with van der Waals surface area (Å²) >= 11 is 0. The molecule has 1 amide bonds. The molecule has 0 aliphatic rings. The van der Waals surface area contributed by atoms with E-state index >= 15 is 0 Å². The van der Waals surface area contributed by atoms with Crippen molar-refractivity contribution in [3.05, 3.63) is 46.8 Å². The Morgan fingerprint density at radius 3 is 2.45 bits per heavy atom. The Morgan fingerprint density at radius 1 is 1.30 bits per heavy atom. The number of benzene rings is 1. The molecule has 0 spiro atoms. The Labute approximate surface area is 117 Å². The van der Waals surface area contributed by atoms with Gasteiger partial charge in [0.2, 0.25) is 0 Å². The molecule has 1 heterocycles. The number of nitrogen functional groups attached to an aromatic ring is 1. The van der Waals surface area contributed by atoms with E-state index in [4.69, 9.17) is 5.84 Å². The molecule has 4 N–H and O–H groups in total. The lowest BCUT2D eigenvalue weighted by Crippen LogP contribution is -2.23. The first-order chi connectivity index (χ1) is 9.52. The second-order valence-electron chi connectivity index (χ2n) is 4.68. The van der Waals surface area contributed by atoms with Crippen molar-refractivity contribution in [1.29, 1.82) is 0 Å². The number of nitrogens with two attached hydrogens (primary N) is 1. The van der Waals surface area contributed by atoms with Crippen LogP contribution >= 0.6 is 0 Å². The van der Waals surface area contributed by atoms with E-state index in [1.54, 1.807) is 24.3 Å². The molecular formula is C14H19N5O. The fourth-order valence-corrected chi connectivity index (χ4v) is 2.06. The predicted molar refractivity (Wildman–Crippen MR) is 78.1 cm³/mol. The lowest BCUT2D eigenvalue weighted by molar-refractivity contribution is 0.0951. The van der Waals surface area contributed by atoms with Crippen molar-refractivity contribution in [2.24, 2.45) is 12.9 Å². The zero-order valence-corrected chi connectivity index (χ0v) is 11.9. The van der Waals surface area contributed by atoms with Gasteiger partial charge in [0, 0.05) is 36.1 Å². The Morgan fingerprint density at radius 2 is 1.95 bits per heavy atom. The first-order valence-corrected chi connectivity index (χ1v) is 6.37.